The fraction of sp³-hybridized carbons (Fsp3) is 0.412. The Balaban J connectivity index is 2.08. The number of rotatable bonds is 5. The van der Waals surface area contributed by atoms with Gasteiger partial charge >= 0.3 is 11.9 Å². The summed E-state index contributed by atoms with van der Waals surface area (Å²) in [7, 11) is 0. The second kappa shape index (κ2) is 7.29. The van der Waals surface area contributed by atoms with Crippen LogP contribution in [0.4, 0.5) is 0 Å². The van der Waals surface area contributed by atoms with Crippen LogP contribution >= 0.6 is 34.4 Å². The summed E-state index contributed by atoms with van der Waals surface area (Å²) in [4.78, 5) is 26.7. The molecule has 7 heteroatoms. The molecule has 2 aromatic heterocycles. The molecular weight excluding hydrogens is 364 g/mol. The van der Waals surface area contributed by atoms with Gasteiger partial charge in [-0.25, -0.2) is 9.59 Å². The highest BCUT2D eigenvalue weighted by Crippen LogP contribution is 2.49. The Kier molecular flexibility index (Phi) is 5.32. The van der Waals surface area contributed by atoms with Crippen molar-refractivity contribution in [1.29, 1.82) is 0 Å². The first kappa shape index (κ1) is 17.5. The molecule has 0 fully saturated rings. The van der Waals surface area contributed by atoms with Gasteiger partial charge < -0.3 is 9.47 Å². The van der Waals surface area contributed by atoms with Gasteiger partial charge in [-0.15, -0.1) is 34.4 Å². The van der Waals surface area contributed by atoms with Gasteiger partial charge in [-0.1, -0.05) is 0 Å². The normalized spacial score (nSPS) is 12.5. The zero-order valence-electron chi connectivity index (χ0n) is 13.8. The Bertz CT molecular complexity index is 788. The molecule has 128 valence electrons. The summed E-state index contributed by atoms with van der Waals surface area (Å²) in [6.45, 7) is 4.36. The lowest BCUT2D eigenvalue weighted by atomic mass is 9.93. The number of fused-ring (bicyclic) bond motifs is 3. The van der Waals surface area contributed by atoms with E-state index in [1.165, 1.54) is 28.2 Å². The van der Waals surface area contributed by atoms with Gasteiger partial charge in [0, 0.05) is 10.4 Å². The van der Waals surface area contributed by atoms with E-state index in [0.29, 0.717) is 23.0 Å². The monoisotopic (exact) mass is 382 g/mol. The Morgan fingerprint density at radius 2 is 1.83 bits per heavy atom. The van der Waals surface area contributed by atoms with E-state index in [0.717, 1.165) is 33.1 Å². The number of hydrogen-bond donors (Lipinski definition) is 0. The highest BCUT2D eigenvalue weighted by Gasteiger charge is 2.31. The summed E-state index contributed by atoms with van der Waals surface area (Å²) in [6, 6.07) is 1.94. The van der Waals surface area contributed by atoms with Crippen LogP contribution in [-0.4, -0.2) is 31.4 Å². The predicted molar refractivity (Wildman–Crippen MR) is 98.7 cm³/mol. The highest BCUT2D eigenvalue weighted by atomic mass is 32.2. The van der Waals surface area contributed by atoms with Crippen LogP contribution in [0.5, 0.6) is 0 Å². The van der Waals surface area contributed by atoms with Crippen molar-refractivity contribution < 1.29 is 19.1 Å². The van der Waals surface area contributed by atoms with Crippen LogP contribution in [0.15, 0.2) is 10.3 Å². The van der Waals surface area contributed by atoms with Gasteiger partial charge in [0.1, 0.15) is 9.75 Å². The maximum Gasteiger partial charge on any atom is 0.348 e. The molecule has 2 heterocycles. The summed E-state index contributed by atoms with van der Waals surface area (Å²) < 4.78 is 11.4. The molecule has 0 aromatic carbocycles. The SMILES string of the molecule is CCOC(=O)c1cc2c(s1)-c1c(SC)sc(C(=O)OCC)c1CC2. The predicted octanol–water partition coefficient (Wildman–Crippen LogP) is 4.65. The van der Waals surface area contributed by atoms with Crippen molar-refractivity contribution in [2.24, 2.45) is 0 Å². The van der Waals surface area contributed by atoms with E-state index in [1.807, 2.05) is 19.2 Å². The van der Waals surface area contributed by atoms with E-state index in [1.54, 1.807) is 18.7 Å². The number of carbonyl (C=O) groups is 2. The number of aryl methyl sites for hydroxylation is 1. The summed E-state index contributed by atoms with van der Waals surface area (Å²) in [6.07, 6.45) is 3.64. The van der Waals surface area contributed by atoms with Gasteiger partial charge in [0.15, 0.2) is 0 Å². The molecule has 0 bridgehead atoms. The molecule has 2 aromatic rings. The molecular formula is C17H18O4S3. The Labute approximate surface area is 153 Å². The molecule has 0 spiro atoms. The van der Waals surface area contributed by atoms with Crippen molar-refractivity contribution >= 4 is 46.4 Å². The van der Waals surface area contributed by atoms with E-state index in [9.17, 15) is 9.59 Å². The Morgan fingerprint density at radius 3 is 2.50 bits per heavy atom. The van der Waals surface area contributed by atoms with E-state index in [-0.39, 0.29) is 11.9 Å². The molecule has 3 rings (SSSR count). The largest absolute Gasteiger partial charge is 0.462 e. The van der Waals surface area contributed by atoms with Crippen molar-refractivity contribution in [3.8, 4) is 10.4 Å². The van der Waals surface area contributed by atoms with Crippen molar-refractivity contribution in [2.75, 3.05) is 19.5 Å². The van der Waals surface area contributed by atoms with Crippen LogP contribution in [0.2, 0.25) is 0 Å². The second-order valence-corrected chi connectivity index (χ2v) is 8.33. The van der Waals surface area contributed by atoms with Crippen LogP contribution in [-0.2, 0) is 22.3 Å². The van der Waals surface area contributed by atoms with E-state index < -0.39 is 0 Å². The van der Waals surface area contributed by atoms with Gasteiger partial charge in [0.2, 0.25) is 0 Å². The average molecular weight is 383 g/mol. The second-order valence-electron chi connectivity index (χ2n) is 5.18. The minimum atomic E-state index is -0.273. The maximum atomic E-state index is 12.3. The molecule has 0 saturated heterocycles. The molecule has 0 atom stereocenters. The zero-order chi connectivity index (χ0) is 17.3. The fourth-order valence-corrected chi connectivity index (χ4v) is 6.11. The fourth-order valence-electron chi connectivity index (χ4n) is 2.80. The van der Waals surface area contributed by atoms with Crippen molar-refractivity contribution in [3.63, 3.8) is 0 Å². The number of carbonyl (C=O) groups excluding carboxylic acids is 2. The van der Waals surface area contributed by atoms with Crippen molar-refractivity contribution in [3.05, 3.63) is 26.9 Å². The molecule has 0 N–H and O–H groups in total. The molecule has 0 amide bonds. The molecule has 0 saturated carbocycles. The van der Waals surface area contributed by atoms with Gasteiger partial charge in [0.05, 0.1) is 17.4 Å². The lowest BCUT2D eigenvalue weighted by Gasteiger charge is -2.14. The van der Waals surface area contributed by atoms with Gasteiger partial charge in [-0.3, -0.25) is 0 Å². The highest BCUT2D eigenvalue weighted by molar-refractivity contribution is 8.00. The smallest absolute Gasteiger partial charge is 0.348 e. The lowest BCUT2D eigenvalue weighted by Crippen LogP contribution is -2.08. The van der Waals surface area contributed by atoms with E-state index in [4.69, 9.17) is 9.47 Å². The van der Waals surface area contributed by atoms with Crippen LogP contribution in [0, 0.1) is 0 Å². The number of thiophene rings is 2. The summed E-state index contributed by atoms with van der Waals surface area (Å²) >= 11 is 4.59. The summed E-state index contributed by atoms with van der Waals surface area (Å²) in [5.74, 6) is -0.519. The molecule has 24 heavy (non-hydrogen) atoms. The van der Waals surface area contributed by atoms with E-state index in [2.05, 4.69) is 0 Å². The number of ether oxygens (including phenoxy) is 2. The van der Waals surface area contributed by atoms with Gasteiger partial charge in [-0.05, 0) is 50.1 Å². The Hall–Kier alpha value is -1.31. The first-order valence-corrected chi connectivity index (χ1v) is 10.6. The van der Waals surface area contributed by atoms with Crippen molar-refractivity contribution in [1.82, 2.24) is 0 Å². The molecule has 0 radical (unpaired) electrons. The maximum absolute atomic E-state index is 12.3. The van der Waals surface area contributed by atoms with Crippen LogP contribution in [0.25, 0.3) is 10.4 Å². The van der Waals surface area contributed by atoms with Gasteiger partial charge in [0.25, 0.3) is 0 Å². The van der Waals surface area contributed by atoms with Crippen LogP contribution in [0.1, 0.15) is 44.3 Å². The number of esters is 2. The number of thioether (sulfide) groups is 1. The Morgan fingerprint density at radius 1 is 1.12 bits per heavy atom. The third-order valence-electron chi connectivity index (χ3n) is 3.78. The first-order valence-electron chi connectivity index (χ1n) is 7.77. The molecule has 0 aliphatic heterocycles. The third-order valence-corrected chi connectivity index (χ3v) is 7.28. The lowest BCUT2D eigenvalue weighted by molar-refractivity contribution is 0.0522. The minimum Gasteiger partial charge on any atom is -0.462 e. The first-order chi connectivity index (χ1) is 11.6. The van der Waals surface area contributed by atoms with Crippen LogP contribution in [0.3, 0.4) is 0 Å². The quantitative estimate of drug-likeness (QED) is 0.556. The van der Waals surface area contributed by atoms with Crippen LogP contribution < -0.4 is 0 Å². The molecule has 0 unspecified atom stereocenters. The summed E-state index contributed by atoms with van der Waals surface area (Å²) in [5, 5.41) is 0. The van der Waals surface area contributed by atoms with E-state index >= 15 is 0 Å². The minimum absolute atomic E-state index is 0.246. The third kappa shape index (κ3) is 3.00. The topological polar surface area (TPSA) is 52.6 Å². The average Bonchev–Trinajstić information content (AvgIpc) is 3.16. The van der Waals surface area contributed by atoms with Gasteiger partial charge in [-0.2, -0.15) is 0 Å². The standard InChI is InChI=1S/C17H18O4S3/c1-4-20-15(18)11-8-9-6-7-10-12(13(9)23-11)17(22-3)24-14(10)16(19)21-5-2/h8H,4-7H2,1-3H3. The number of hydrogen-bond acceptors (Lipinski definition) is 7. The molecule has 1 aliphatic carbocycles. The molecule has 1 aliphatic rings. The van der Waals surface area contributed by atoms with Crippen molar-refractivity contribution in [2.45, 2.75) is 30.9 Å². The summed E-state index contributed by atoms with van der Waals surface area (Å²) in [5.41, 5.74) is 3.34. The zero-order valence-corrected chi connectivity index (χ0v) is 16.2. The molecule has 4 nitrogen and oxygen atoms in total.